The summed E-state index contributed by atoms with van der Waals surface area (Å²) in [5, 5.41) is 21.2. The summed E-state index contributed by atoms with van der Waals surface area (Å²) in [5.41, 5.74) is 4.39. The molecule has 0 saturated carbocycles. The van der Waals surface area contributed by atoms with Gasteiger partial charge in [-0.1, -0.05) is 38.1 Å². The van der Waals surface area contributed by atoms with E-state index in [-0.39, 0.29) is 23.8 Å². The van der Waals surface area contributed by atoms with Gasteiger partial charge in [0.05, 0.1) is 17.2 Å². The van der Waals surface area contributed by atoms with E-state index in [1.54, 1.807) is 0 Å². The smallest absolute Gasteiger partial charge is 0.338 e. The van der Waals surface area contributed by atoms with E-state index >= 15 is 0 Å². The minimum absolute atomic E-state index is 0.138. The molecule has 0 saturated heterocycles. The molecular weight excluding hydrogens is 436 g/mol. The van der Waals surface area contributed by atoms with Crippen LogP contribution in [0, 0.1) is 0 Å². The van der Waals surface area contributed by atoms with Crippen LogP contribution < -0.4 is 9.47 Å². The first-order valence-electron chi connectivity index (χ1n) is 11.1. The van der Waals surface area contributed by atoms with Crippen molar-refractivity contribution in [3.05, 3.63) is 81.8 Å². The molecule has 8 nitrogen and oxygen atoms in total. The molecule has 8 heteroatoms. The number of aromatic amines is 1. The molecule has 0 aliphatic carbocycles. The predicted molar refractivity (Wildman–Crippen MR) is 123 cm³/mol. The summed E-state index contributed by atoms with van der Waals surface area (Å²) in [4.78, 5) is 28.3. The largest absolute Gasteiger partial charge is 0.478 e. The van der Waals surface area contributed by atoms with Crippen LogP contribution in [-0.4, -0.2) is 38.5 Å². The van der Waals surface area contributed by atoms with Crippen LogP contribution >= 0.6 is 0 Å². The van der Waals surface area contributed by atoms with Crippen molar-refractivity contribution < 1.29 is 29.3 Å². The second-order valence-electron chi connectivity index (χ2n) is 8.97. The maximum Gasteiger partial charge on any atom is 0.338 e. The average Bonchev–Trinajstić information content (AvgIpc) is 3.50. The molecule has 6 rings (SSSR count). The highest BCUT2D eigenvalue weighted by molar-refractivity contribution is 6.04. The Hall–Kier alpha value is -4.20. The van der Waals surface area contributed by atoms with Crippen molar-refractivity contribution >= 4 is 22.8 Å². The van der Waals surface area contributed by atoms with E-state index in [0.717, 1.165) is 27.7 Å². The van der Waals surface area contributed by atoms with Crippen molar-refractivity contribution in [2.24, 2.45) is 0 Å². The fourth-order valence-corrected chi connectivity index (χ4v) is 5.48. The molecule has 0 amide bonds. The Kier molecular flexibility index (Phi) is 4.29. The van der Waals surface area contributed by atoms with Gasteiger partial charge in [-0.2, -0.15) is 0 Å². The second-order valence-corrected chi connectivity index (χ2v) is 8.97. The van der Waals surface area contributed by atoms with Gasteiger partial charge >= 0.3 is 11.9 Å². The summed E-state index contributed by atoms with van der Waals surface area (Å²) < 4.78 is 13.0. The zero-order valence-electron chi connectivity index (χ0n) is 18.6. The molecule has 3 N–H and O–H groups in total. The molecule has 4 heterocycles. The second kappa shape index (κ2) is 7.15. The summed E-state index contributed by atoms with van der Waals surface area (Å²) in [7, 11) is 0. The van der Waals surface area contributed by atoms with E-state index in [1.165, 1.54) is 0 Å². The van der Waals surface area contributed by atoms with Crippen LogP contribution in [0.15, 0.2) is 42.5 Å². The highest BCUT2D eigenvalue weighted by Crippen LogP contribution is 2.46. The van der Waals surface area contributed by atoms with E-state index in [4.69, 9.17) is 9.47 Å². The number of aromatic nitrogens is 2. The molecule has 0 bridgehead atoms. The third kappa shape index (κ3) is 2.71. The van der Waals surface area contributed by atoms with Crippen LogP contribution in [0.3, 0.4) is 0 Å². The molecule has 172 valence electrons. The molecule has 2 aromatic heterocycles. The number of ether oxygens (including phenoxy) is 2. The lowest BCUT2D eigenvalue weighted by molar-refractivity contribution is 0.0651. The summed E-state index contributed by atoms with van der Waals surface area (Å²) >= 11 is 0. The van der Waals surface area contributed by atoms with Crippen LogP contribution in [0.5, 0.6) is 11.5 Å². The number of nitrogens with one attached hydrogen (secondary N) is 1. The van der Waals surface area contributed by atoms with Gasteiger partial charge in [0, 0.05) is 34.4 Å². The molecule has 0 radical (unpaired) electrons. The van der Waals surface area contributed by atoms with Gasteiger partial charge in [-0.25, -0.2) is 9.59 Å². The van der Waals surface area contributed by atoms with Gasteiger partial charge in [-0.05, 0) is 35.2 Å². The lowest BCUT2D eigenvalue weighted by Gasteiger charge is -2.30. The summed E-state index contributed by atoms with van der Waals surface area (Å²) in [6.45, 7) is 3.91. The molecule has 1 atom stereocenters. The number of carboxylic acids is 2. The normalized spacial score (nSPS) is 16.0. The first-order valence-corrected chi connectivity index (χ1v) is 11.1. The molecule has 34 heavy (non-hydrogen) atoms. The SMILES string of the molecule is CC(C)c1c(C(=O)O)c(C(=O)O)c2n1C(c1ccc3c(c1)OCO3)c1[nH]c3ccccc3c1C2. The number of carboxylic acid groups (broad SMARTS) is 2. The third-order valence-electron chi connectivity index (χ3n) is 6.75. The van der Waals surface area contributed by atoms with Gasteiger partial charge in [0.2, 0.25) is 6.79 Å². The van der Waals surface area contributed by atoms with Gasteiger partial charge < -0.3 is 29.2 Å². The van der Waals surface area contributed by atoms with Crippen LogP contribution in [0.4, 0.5) is 0 Å². The number of carbonyl (C=O) groups is 2. The van der Waals surface area contributed by atoms with Crippen molar-refractivity contribution in [3.63, 3.8) is 0 Å². The fourth-order valence-electron chi connectivity index (χ4n) is 5.48. The number of H-pyrrole nitrogens is 1. The zero-order chi connectivity index (χ0) is 23.7. The number of nitrogens with zero attached hydrogens (tertiary/aromatic N) is 1. The number of aromatic carboxylic acids is 2. The minimum atomic E-state index is -1.24. The number of fused-ring (bicyclic) bond motifs is 5. The fraction of sp³-hybridized carbons (Fsp3) is 0.231. The Bertz CT molecular complexity index is 1510. The molecule has 2 aliphatic rings. The van der Waals surface area contributed by atoms with Gasteiger partial charge in [-0.3, -0.25) is 0 Å². The van der Waals surface area contributed by atoms with Crippen LogP contribution in [0.2, 0.25) is 0 Å². The van der Waals surface area contributed by atoms with Crippen LogP contribution in [0.1, 0.15) is 74.7 Å². The molecule has 4 aromatic rings. The van der Waals surface area contributed by atoms with Crippen molar-refractivity contribution in [1.29, 1.82) is 0 Å². The van der Waals surface area contributed by atoms with Crippen molar-refractivity contribution in [2.75, 3.05) is 6.79 Å². The lowest BCUT2D eigenvalue weighted by atomic mass is 9.91. The Morgan fingerprint density at radius 3 is 2.50 bits per heavy atom. The number of para-hydroxylation sites is 1. The first kappa shape index (κ1) is 20.4. The summed E-state index contributed by atoms with van der Waals surface area (Å²) in [5.74, 6) is -1.44. The Morgan fingerprint density at radius 1 is 1.03 bits per heavy atom. The molecule has 2 aromatic carbocycles. The molecule has 0 fully saturated rings. The number of benzene rings is 2. The highest BCUT2D eigenvalue weighted by atomic mass is 16.7. The van der Waals surface area contributed by atoms with Gasteiger partial charge in [-0.15, -0.1) is 0 Å². The predicted octanol–water partition coefficient (Wildman–Crippen LogP) is 4.76. The highest BCUT2D eigenvalue weighted by Gasteiger charge is 2.40. The number of hydrogen-bond acceptors (Lipinski definition) is 4. The van der Waals surface area contributed by atoms with E-state index in [0.29, 0.717) is 29.3 Å². The maximum absolute atomic E-state index is 12.4. The maximum atomic E-state index is 12.4. The van der Waals surface area contributed by atoms with Crippen molar-refractivity contribution in [3.8, 4) is 11.5 Å². The molecule has 2 aliphatic heterocycles. The van der Waals surface area contributed by atoms with E-state index in [1.807, 2.05) is 60.9 Å². The van der Waals surface area contributed by atoms with Gasteiger partial charge in [0.25, 0.3) is 0 Å². The number of rotatable bonds is 4. The lowest BCUT2D eigenvalue weighted by Crippen LogP contribution is -2.24. The number of hydrogen-bond donors (Lipinski definition) is 3. The molecular formula is C26H22N2O6. The van der Waals surface area contributed by atoms with E-state index in [9.17, 15) is 19.8 Å². The zero-order valence-corrected chi connectivity index (χ0v) is 18.6. The summed E-state index contributed by atoms with van der Waals surface area (Å²) in [6.07, 6.45) is 0.315. The van der Waals surface area contributed by atoms with Gasteiger partial charge in [0.1, 0.15) is 0 Å². The van der Waals surface area contributed by atoms with E-state index in [2.05, 4.69) is 4.98 Å². The Balaban J connectivity index is 1.73. The third-order valence-corrected chi connectivity index (χ3v) is 6.75. The Morgan fingerprint density at radius 2 is 1.76 bits per heavy atom. The average molecular weight is 458 g/mol. The van der Waals surface area contributed by atoms with Crippen molar-refractivity contribution in [1.82, 2.24) is 9.55 Å². The minimum Gasteiger partial charge on any atom is -0.478 e. The van der Waals surface area contributed by atoms with Crippen LogP contribution in [0.25, 0.3) is 10.9 Å². The Labute approximate surface area is 194 Å². The van der Waals surface area contributed by atoms with Crippen molar-refractivity contribution in [2.45, 2.75) is 32.2 Å². The standard InChI is InChI=1S/C26H22N2O6/c1-12(2)23-21(26(31)32)20(25(29)30)17-10-15-14-5-3-4-6-16(14)27-22(15)24(28(17)23)13-7-8-18-19(9-13)34-11-33-18/h3-9,12,24,27H,10-11H2,1-2H3,(H,29,30)(H,31,32). The summed E-state index contributed by atoms with van der Waals surface area (Å²) in [6, 6.07) is 13.1. The van der Waals surface area contributed by atoms with Gasteiger partial charge in [0.15, 0.2) is 11.5 Å². The quantitative estimate of drug-likeness (QED) is 0.358. The molecule has 1 unspecified atom stereocenters. The molecule has 0 spiro atoms. The van der Waals surface area contributed by atoms with Crippen LogP contribution in [-0.2, 0) is 6.42 Å². The topological polar surface area (TPSA) is 114 Å². The van der Waals surface area contributed by atoms with E-state index < -0.39 is 18.0 Å². The first-order chi connectivity index (χ1) is 16.4. The monoisotopic (exact) mass is 458 g/mol.